The smallest absolute Gasteiger partial charge is 0.328 e. The number of anilines is 2. The van der Waals surface area contributed by atoms with Crippen LogP contribution in [-0.2, 0) is 4.79 Å². The van der Waals surface area contributed by atoms with E-state index in [2.05, 4.69) is 9.97 Å². The number of carbonyl (C=O) groups excluding carboxylic acids is 1. The second-order valence-electron chi connectivity index (χ2n) is 6.16. The Morgan fingerprint density at radius 3 is 2.54 bits per heavy atom. The Labute approximate surface area is 161 Å². The predicted molar refractivity (Wildman–Crippen MR) is 108 cm³/mol. The molecule has 0 aliphatic carbocycles. The van der Waals surface area contributed by atoms with Crippen molar-refractivity contribution in [2.75, 3.05) is 18.1 Å². The highest BCUT2D eigenvalue weighted by molar-refractivity contribution is 5.85. The summed E-state index contributed by atoms with van der Waals surface area (Å²) in [5.41, 5.74) is 18.8. The lowest BCUT2D eigenvalue weighted by atomic mass is 9.88. The molecule has 0 bridgehead atoms. The molecule has 9 nitrogen and oxygen atoms in total. The molecule has 28 heavy (non-hydrogen) atoms. The maximum absolute atomic E-state index is 12.6. The second kappa shape index (κ2) is 7.55. The van der Waals surface area contributed by atoms with Crippen molar-refractivity contribution < 1.29 is 9.53 Å². The number of nitrogens with two attached hydrogens (primary N) is 3. The number of primary amides is 1. The molecule has 1 aromatic carbocycles. The molecule has 0 saturated carbocycles. The number of H-pyrrole nitrogens is 2. The fourth-order valence-electron chi connectivity index (χ4n) is 3.56. The van der Waals surface area contributed by atoms with Crippen molar-refractivity contribution in [1.29, 1.82) is 0 Å². The van der Waals surface area contributed by atoms with E-state index in [4.69, 9.17) is 21.9 Å². The zero-order valence-electron chi connectivity index (χ0n) is 15.7. The van der Waals surface area contributed by atoms with Gasteiger partial charge in [0.1, 0.15) is 24.0 Å². The van der Waals surface area contributed by atoms with E-state index < -0.39 is 23.6 Å². The van der Waals surface area contributed by atoms with Crippen molar-refractivity contribution in [2.24, 2.45) is 5.73 Å². The summed E-state index contributed by atoms with van der Waals surface area (Å²) in [6.45, 7) is 4.10. The number of aromatic amines is 2. The van der Waals surface area contributed by atoms with Crippen LogP contribution in [-0.4, -0.2) is 27.0 Å². The zero-order valence-corrected chi connectivity index (χ0v) is 15.7. The summed E-state index contributed by atoms with van der Waals surface area (Å²) in [5.74, 6) is -0.204. The lowest BCUT2D eigenvalue weighted by Crippen LogP contribution is -2.40. The highest BCUT2D eigenvalue weighted by Gasteiger charge is 2.38. The number of imidazole rings is 1. The zero-order chi connectivity index (χ0) is 20.4. The van der Waals surface area contributed by atoms with Gasteiger partial charge in [0.25, 0.3) is 0 Å². The van der Waals surface area contributed by atoms with Gasteiger partial charge in [-0.15, -0.1) is 0 Å². The molecule has 9 heteroatoms. The fourth-order valence-corrected chi connectivity index (χ4v) is 3.56. The van der Waals surface area contributed by atoms with Gasteiger partial charge in [-0.3, -0.25) is 14.3 Å². The number of fused-ring (bicyclic) bond motifs is 1. The van der Waals surface area contributed by atoms with Crippen LogP contribution in [0.4, 0.5) is 11.6 Å². The SMILES string of the molecule is CC.NC(=O)C1c2ccccc2OCC1n1c(-c2cc[nH]c2N)c(N)[nH]c1=O. The average molecular weight is 384 g/mol. The lowest BCUT2D eigenvalue weighted by molar-refractivity contribution is -0.121. The maximum Gasteiger partial charge on any atom is 0.328 e. The van der Waals surface area contributed by atoms with Crippen LogP contribution < -0.4 is 27.6 Å². The summed E-state index contributed by atoms with van der Waals surface area (Å²) < 4.78 is 7.18. The average Bonchev–Trinajstić information content (AvgIpc) is 3.23. The monoisotopic (exact) mass is 384 g/mol. The summed E-state index contributed by atoms with van der Waals surface area (Å²) in [6.07, 6.45) is 1.64. The number of nitrogens with one attached hydrogen (secondary N) is 2. The van der Waals surface area contributed by atoms with Crippen LogP contribution in [0.1, 0.15) is 31.4 Å². The molecule has 1 aliphatic heterocycles. The molecule has 2 atom stereocenters. The van der Waals surface area contributed by atoms with Gasteiger partial charge in [0, 0.05) is 17.3 Å². The summed E-state index contributed by atoms with van der Waals surface area (Å²) in [6, 6.07) is 8.18. The van der Waals surface area contributed by atoms with Crippen LogP contribution in [0.2, 0.25) is 0 Å². The van der Waals surface area contributed by atoms with Gasteiger partial charge in [-0.05, 0) is 12.1 Å². The van der Waals surface area contributed by atoms with Crippen molar-refractivity contribution in [3.8, 4) is 17.0 Å². The van der Waals surface area contributed by atoms with Gasteiger partial charge in [-0.25, -0.2) is 4.79 Å². The summed E-state index contributed by atoms with van der Waals surface area (Å²) >= 11 is 0. The van der Waals surface area contributed by atoms with E-state index in [-0.39, 0.29) is 12.4 Å². The summed E-state index contributed by atoms with van der Waals surface area (Å²) in [7, 11) is 0. The van der Waals surface area contributed by atoms with Crippen LogP contribution in [0, 0.1) is 0 Å². The van der Waals surface area contributed by atoms with Crippen molar-refractivity contribution >= 4 is 17.5 Å². The van der Waals surface area contributed by atoms with Gasteiger partial charge in [0.05, 0.1) is 17.7 Å². The first kappa shape index (κ1) is 19.2. The largest absolute Gasteiger partial charge is 0.491 e. The molecular formula is C19H24N6O3. The van der Waals surface area contributed by atoms with Gasteiger partial charge in [0.15, 0.2) is 0 Å². The van der Waals surface area contributed by atoms with Crippen LogP contribution >= 0.6 is 0 Å². The third-order valence-corrected chi connectivity index (χ3v) is 4.68. The molecule has 0 spiro atoms. The molecule has 1 amide bonds. The fraction of sp³-hybridized carbons (Fsp3) is 0.263. The number of aromatic nitrogens is 3. The number of rotatable bonds is 3. The van der Waals surface area contributed by atoms with Crippen LogP contribution in [0.15, 0.2) is 41.3 Å². The summed E-state index contributed by atoms with van der Waals surface area (Å²) in [5, 5.41) is 0. The topological polar surface area (TPSA) is 158 Å². The molecule has 3 aromatic rings. The van der Waals surface area contributed by atoms with Gasteiger partial charge in [-0.1, -0.05) is 32.0 Å². The molecule has 0 fully saturated rings. The van der Waals surface area contributed by atoms with E-state index in [9.17, 15) is 9.59 Å². The Morgan fingerprint density at radius 2 is 1.89 bits per heavy atom. The minimum absolute atomic E-state index is 0.0964. The molecule has 148 valence electrons. The first-order valence-corrected chi connectivity index (χ1v) is 9.03. The number of hydrogen-bond donors (Lipinski definition) is 5. The third kappa shape index (κ3) is 3.00. The Morgan fingerprint density at radius 1 is 1.18 bits per heavy atom. The second-order valence-corrected chi connectivity index (χ2v) is 6.16. The molecule has 1 aliphatic rings. The van der Waals surface area contributed by atoms with Crippen molar-refractivity contribution in [3.63, 3.8) is 0 Å². The number of benzene rings is 1. The van der Waals surface area contributed by atoms with E-state index >= 15 is 0 Å². The predicted octanol–water partition coefficient (Wildman–Crippen LogP) is 1.56. The van der Waals surface area contributed by atoms with Gasteiger partial charge in [-0.2, -0.15) is 0 Å². The number of ether oxygens (including phenoxy) is 1. The highest BCUT2D eigenvalue weighted by atomic mass is 16.5. The minimum atomic E-state index is -0.744. The van der Waals surface area contributed by atoms with Crippen molar-refractivity contribution in [2.45, 2.75) is 25.8 Å². The first-order chi connectivity index (χ1) is 13.5. The highest BCUT2D eigenvalue weighted by Crippen LogP contribution is 2.41. The molecular weight excluding hydrogens is 360 g/mol. The molecule has 2 aromatic heterocycles. The van der Waals surface area contributed by atoms with E-state index in [1.807, 2.05) is 19.9 Å². The van der Waals surface area contributed by atoms with Crippen LogP contribution in [0.25, 0.3) is 11.3 Å². The molecule has 3 heterocycles. The number of nitrogen functional groups attached to an aromatic ring is 2. The van der Waals surface area contributed by atoms with E-state index in [1.165, 1.54) is 4.57 Å². The molecule has 0 radical (unpaired) electrons. The third-order valence-electron chi connectivity index (χ3n) is 4.68. The number of para-hydroxylation sites is 1. The van der Waals surface area contributed by atoms with Crippen LogP contribution in [0.5, 0.6) is 5.75 Å². The number of amides is 1. The Hall–Kier alpha value is -3.62. The summed E-state index contributed by atoms with van der Waals surface area (Å²) in [4.78, 5) is 30.3. The van der Waals surface area contributed by atoms with E-state index in [0.29, 0.717) is 28.4 Å². The number of hydrogen-bond acceptors (Lipinski definition) is 5. The Balaban J connectivity index is 0.00000109. The van der Waals surface area contributed by atoms with Gasteiger partial charge >= 0.3 is 5.69 Å². The van der Waals surface area contributed by atoms with E-state index in [0.717, 1.165) is 0 Å². The molecule has 0 saturated heterocycles. The van der Waals surface area contributed by atoms with E-state index in [1.54, 1.807) is 30.5 Å². The standard InChI is InChI=1S/C17H18N6O3.C2H6/c18-14-9(5-6-21-14)13-15(19)22-17(25)23(13)10-7-26-11-4-2-1-3-8(11)12(10)16(20)24;1-2/h1-6,10,12,21H,7,18-19H2,(H2,20,24)(H,22,25);1-2H3. The number of carbonyl (C=O) groups is 1. The van der Waals surface area contributed by atoms with Crippen molar-refractivity contribution in [1.82, 2.24) is 14.5 Å². The van der Waals surface area contributed by atoms with Gasteiger partial charge in [0.2, 0.25) is 5.91 Å². The maximum atomic E-state index is 12.6. The van der Waals surface area contributed by atoms with Crippen molar-refractivity contribution in [3.05, 3.63) is 52.6 Å². The van der Waals surface area contributed by atoms with Crippen LogP contribution in [0.3, 0.4) is 0 Å². The Bertz CT molecular complexity index is 1050. The minimum Gasteiger partial charge on any atom is -0.491 e. The first-order valence-electron chi connectivity index (χ1n) is 9.03. The lowest BCUT2D eigenvalue weighted by Gasteiger charge is -2.32. The molecule has 2 unspecified atom stereocenters. The normalized spacial score (nSPS) is 17.8. The quantitative estimate of drug-likeness (QED) is 0.463. The molecule has 4 rings (SSSR count). The Kier molecular flexibility index (Phi) is 5.16. The number of nitrogens with zero attached hydrogens (tertiary/aromatic N) is 1. The molecule has 8 N–H and O–H groups in total. The van der Waals surface area contributed by atoms with Gasteiger partial charge < -0.3 is 26.9 Å².